The predicted molar refractivity (Wildman–Crippen MR) is 49.6 cm³/mol. The Bertz CT molecular complexity index is 164. The van der Waals surface area contributed by atoms with E-state index in [1.165, 1.54) is 0 Å². The van der Waals surface area contributed by atoms with Crippen molar-refractivity contribution >= 4 is 6.21 Å². The number of hydrogen-bond acceptors (Lipinski definition) is 2. The van der Waals surface area contributed by atoms with Crippen LogP contribution in [0.5, 0.6) is 0 Å². The van der Waals surface area contributed by atoms with Crippen LogP contribution in [0.3, 0.4) is 0 Å². The second-order valence-corrected chi connectivity index (χ2v) is 2.77. The number of aliphatic imine (C=N–C) groups is 1. The number of nitrogens with two attached hydrogens (primary N) is 1. The molecule has 11 heavy (non-hydrogen) atoms. The molecular weight excluding hydrogens is 136 g/mol. The van der Waals surface area contributed by atoms with Crippen molar-refractivity contribution in [1.82, 2.24) is 0 Å². The van der Waals surface area contributed by atoms with Gasteiger partial charge in [0, 0.05) is 18.7 Å². The van der Waals surface area contributed by atoms with E-state index < -0.39 is 0 Å². The summed E-state index contributed by atoms with van der Waals surface area (Å²) in [6, 6.07) is 0. The third-order valence-electron chi connectivity index (χ3n) is 1.57. The number of nitrogens with zero attached hydrogens (tertiary/aromatic N) is 1. The van der Waals surface area contributed by atoms with Gasteiger partial charge in [-0.15, -0.1) is 5.73 Å². The van der Waals surface area contributed by atoms with Gasteiger partial charge in [0.15, 0.2) is 0 Å². The van der Waals surface area contributed by atoms with Crippen molar-refractivity contribution in [2.75, 3.05) is 6.54 Å². The van der Waals surface area contributed by atoms with Crippen molar-refractivity contribution in [2.45, 2.75) is 13.8 Å². The smallest absolute Gasteiger partial charge is 0.0676 e. The minimum absolute atomic E-state index is 0.361. The van der Waals surface area contributed by atoms with Gasteiger partial charge in [-0.2, -0.15) is 0 Å². The lowest BCUT2D eigenvalue weighted by atomic mass is 9.98. The van der Waals surface area contributed by atoms with Crippen LogP contribution in [0.25, 0.3) is 0 Å². The molecule has 0 rings (SSSR count). The average molecular weight is 152 g/mol. The molecule has 2 N–H and O–H groups in total. The minimum atomic E-state index is 0.361. The molecule has 0 aliphatic carbocycles. The molecule has 0 aromatic heterocycles. The Balaban J connectivity index is 3.96. The second-order valence-electron chi connectivity index (χ2n) is 2.77. The lowest BCUT2D eigenvalue weighted by Crippen LogP contribution is -2.20. The van der Waals surface area contributed by atoms with E-state index in [0.29, 0.717) is 18.4 Å². The fraction of sp³-hybridized carbons (Fsp3) is 0.556. The quantitative estimate of drug-likeness (QED) is 0.482. The Morgan fingerprint density at radius 3 is 2.64 bits per heavy atom. The highest BCUT2D eigenvalue weighted by Crippen LogP contribution is 2.05. The summed E-state index contributed by atoms with van der Waals surface area (Å²) in [6.07, 6.45) is 3.40. The van der Waals surface area contributed by atoms with Crippen LogP contribution < -0.4 is 5.73 Å². The number of rotatable bonds is 4. The van der Waals surface area contributed by atoms with Crippen molar-refractivity contribution in [2.24, 2.45) is 22.6 Å². The van der Waals surface area contributed by atoms with Gasteiger partial charge in [-0.05, 0) is 5.92 Å². The van der Waals surface area contributed by atoms with Gasteiger partial charge in [-0.25, -0.2) is 0 Å². The Morgan fingerprint density at radius 2 is 2.27 bits per heavy atom. The van der Waals surface area contributed by atoms with Crippen molar-refractivity contribution < 1.29 is 0 Å². The summed E-state index contributed by atoms with van der Waals surface area (Å²) >= 11 is 0. The van der Waals surface area contributed by atoms with Crippen LogP contribution in [0.2, 0.25) is 0 Å². The first-order valence-corrected chi connectivity index (χ1v) is 3.80. The van der Waals surface area contributed by atoms with Gasteiger partial charge < -0.3 is 5.73 Å². The Morgan fingerprint density at radius 1 is 1.64 bits per heavy atom. The zero-order valence-corrected chi connectivity index (χ0v) is 7.25. The molecule has 0 amide bonds. The number of hydrogen-bond donors (Lipinski definition) is 1. The van der Waals surface area contributed by atoms with E-state index >= 15 is 0 Å². The first kappa shape index (κ1) is 10.2. The molecule has 0 spiro atoms. The monoisotopic (exact) mass is 152 g/mol. The lowest BCUT2D eigenvalue weighted by molar-refractivity contribution is 0.511. The summed E-state index contributed by atoms with van der Waals surface area (Å²) in [4.78, 5) is 3.98. The zero-order valence-electron chi connectivity index (χ0n) is 7.25. The fourth-order valence-corrected chi connectivity index (χ4v) is 0.711. The van der Waals surface area contributed by atoms with Gasteiger partial charge >= 0.3 is 0 Å². The molecule has 62 valence electrons. The van der Waals surface area contributed by atoms with Crippen molar-refractivity contribution in [1.29, 1.82) is 0 Å². The summed E-state index contributed by atoms with van der Waals surface area (Å²) in [5.74, 6) is 0.904. The summed E-state index contributed by atoms with van der Waals surface area (Å²) in [5, 5.41) is 0. The largest absolute Gasteiger partial charge is 0.330 e. The molecule has 1 unspecified atom stereocenters. The maximum atomic E-state index is 5.51. The molecule has 0 saturated heterocycles. The summed E-state index contributed by atoms with van der Waals surface area (Å²) in [6.45, 7) is 8.30. The highest BCUT2D eigenvalue weighted by molar-refractivity contribution is 5.62. The third kappa shape index (κ3) is 4.54. The molecule has 0 fully saturated rings. The van der Waals surface area contributed by atoms with Gasteiger partial charge in [0.25, 0.3) is 0 Å². The molecule has 0 radical (unpaired) electrons. The van der Waals surface area contributed by atoms with Crippen molar-refractivity contribution in [3.05, 3.63) is 18.5 Å². The van der Waals surface area contributed by atoms with Crippen molar-refractivity contribution in [3.8, 4) is 0 Å². The first-order chi connectivity index (χ1) is 5.22. The summed E-state index contributed by atoms with van der Waals surface area (Å²) in [7, 11) is 0. The van der Waals surface area contributed by atoms with Crippen LogP contribution in [0.15, 0.2) is 23.5 Å². The average Bonchev–Trinajstić information content (AvgIpc) is 1.97. The van der Waals surface area contributed by atoms with E-state index in [0.717, 1.165) is 0 Å². The standard InChI is InChI=1S/C9H16N2/c1-4-5-11-7-9(6-10)8(2)3/h5,7-9H,1,6,10H2,2-3H3/b11-7-. The highest BCUT2D eigenvalue weighted by Gasteiger charge is 2.06. The molecule has 0 saturated carbocycles. The summed E-state index contributed by atoms with van der Waals surface area (Å²) in [5.41, 5.74) is 8.09. The van der Waals surface area contributed by atoms with E-state index in [9.17, 15) is 0 Å². The van der Waals surface area contributed by atoms with E-state index in [1.807, 2.05) is 6.21 Å². The Kier molecular flexibility index (Phi) is 5.44. The SMILES string of the molecule is C=C=C/N=C\C(CN)C(C)C. The fourth-order valence-electron chi connectivity index (χ4n) is 0.711. The predicted octanol–water partition coefficient (Wildman–Crippen LogP) is 1.59. The molecule has 0 aliphatic heterocycles. The first-order valence-electron chi connectivity index (χ1n) is 3.80. The van der Waals surface area contributed by atoms with Crippen LogP contribution in [0.4, 0.5) is 0 Å². The Labute approximate surface area is 68.5 Å². The normalized spacial score (nSPS) is 13.5. The Hall–Kier alpha value is -0.850. The molecular formula is C9H16N2. The van der Waals surface area contributed by atoms with Gasteiger partial charge in [0.1, 0.15) is 0 Å². The second kappa shape index (κ2) is 5.90. The molecule has 0 aromatic carbocycles. The van der Waals surface area contributed by atoms with Crippen LogP contribution in [-0.4, -0.2) is 12.8 Å². The van der Waals surface area contributed by atoms with E-state index in [-0.39, 0.29) is 0 Å². The topological polar surface area (TPSA) is 38.4 Å². The van der Waals surface area contributed by atoms with Gasteiger partial charge in [-0.3, -0.25) is 4.99 Å². The minimum Gasteiger partial charge on any atom is -0.330 e. The molecule has 0 heterocycles. The maximum absolute atomic E-state index is 5.51. The van der Waals surface area contributed by atoms with Gasteiger partial charge in [0.2, 0.25) is 0 Å². The molecule has 0 aliphatic rings. The van der Waals surface area contributed by atoms with E-state index in [2.05, 4.69) is 31.2 Å². The van der Waals surface area contributed by atoms with Crippen LogP contribution >= 0.6 is 0 Å². The molecule has 0 bridgehead atoms. The lowest BCUT2D eigenvalue weighted by Gasteiger charge is -2.11. The van der Waals surface area contributed by atoms with Crippen LogP contribution in [0, 0.1) is 11.8 Å². The maximum Gasteiger partial charge on any atom is 0.0676 e. The van der Waals surface area contributed by atoms with E-state index in [1.54, 1.807) is 6.20 Å². The molecule has 1 atom stereocenters. The van der Waals surface area contributed by atoms with E-state index in [4.69, 9.17) is 5.73 Å². The summed E-state index contributed by atoms with van der Waals surface area (Å²) < 4.78 is 0. The van der Waals surface area contributed by atoms with Crippen LogP contribution in [-0.2, 0) is 0 Å². The highest BCUT2D eigenvalue weighted by atomic mass is 14.7. The molecule has 2 nitrogen and oxygen atoms in total. The molecule has 2 heteroatoms. The molecule has 0 aromatic rings. The zero-order chi connectivity index (χ0) is 8.69. The van der Waals surface area contributed by atoms with Crippen LogP contribution in [0.1, 0.15) is 13.8 Å². The van der Waals surface area contributed by atoms with Gasteiger partial charge in [0.05, 0.1) is 6.20 Å². The third-order valence-corrected chi connectivity index (χ3v) is 1.57. The van der Waals surface area contributed by atoms with Crippen molar-refractivity contribution in [3.63, 3.8) is 0 Å². The van der Waals surface area contributed by atoms with Gasteiger partial charge in [-0.1, -0.05) is 20.4 Å².